The van der Waals surface area contributed by atoms with Crippen LogP contribution in [0.25, 0.3) is 11.0 Å². The molecular weight excluding hydrogens is 367 g/mol. The Labute approximate surface area is 151 Å². The Morgan fingerprint density at radius 2 is 2.04 bits per heavy atom. The van der Waals surface area contributed by atoms with Gasteiger partial charge in [0.15, 0.2) is 0 Å². The summed E-state index contributed by atoms with van der Waals surface area (Å²) in [5, 5.41) is 11.4. The van der Waals surface area contributed by atoms with Crippen molar-refractivity contribution in [2.24, 2.45) is 0 Å². The van der Waals surface area contributed by atoms with Gasteiger partial charge in [-0.25, -0.2) is 4.98 Å². The van der Waals surface area contributed by atoms with Gasteiger partial charge in [-0.15, -0.1) is 10.2 Å². The van der Waals surface area contributed by atoms with Crippen molar-refractivity contribution in [3.63, 3.8) is 0 Å². The second-order valence-electron chi connectivity index (χ2n) is 5.66. The number of carbonyl (C=O) groups is 1. The Balaban J connectivity index is 1.80. The summed E-state index contributed by atoms with van der Waals surface area (Å²) in [6.07, 6.45) is -1.93. The fourth-order valence-corrected chi connectivity index (χ4v) is 3.29. The van der Waals surface area contributed by atoms with Crippen LogP contribution in [0.15, 0.2) is 24.3 Å². The van der Waals surface area contributed by atoms with Gasteiger partial charge >= 0.3 is 6.18 Å². The van der Waals surface area contributed by atoms with Gasteiger partial charge in [0.2, 0.25) is 16.9 Å². The molecule has 0 aliphatic rings. The molecule has 0 radical (unpaired) electrons. The van der Waals surface area contributed by atoms with E-state index in [4.69, 9.17) is 0 Å². The number of para-hydroxylation sites is 2. The molecule has 3 rings (SSSR count). The van der Waals surface area contributed by atoms with E-state index in [0.717, 1.165) is 28.8 Å². The summed E-state index contributed by atoms with van der Waals surface area (Å²) < 4.78 is 40.6. The number of halogens is 3. The van der Waals surface area contributed by atoms with Gasteiger partial charge in [-0.05, 0) is 18.6 Å². The highest BCUT2D eigenvalue weighted by Gasteiger charge is 2.38. The van der Waals surface area contributed by atoms with E-state index in [1.807, 2.05) is 0 Å². The number of carbonyl (C=O) groups excluding carboxylic acids is 1. The molecule has 0 saturated carbocycles. The molecule has 0 atom stereocenters. The minimum atomic E-state index is -4.66. The van der Waals surface area contributed by atoms with Crippen LogP contribution in [0.2, 0.25) is 0 Å². The third-order valence-electron chi connectivity index (χ3n) is 3.67. The topological polar surface area (TPSA) is 72.7 Å². The van der Waals surface area contributed by atoms with Gasteiger partial charge in [-0.3, -0.25) is 10.1 Å². The summed E-state index contributed by atoms with van der Waals surface area (Å²) in [5.74, 6) is -1.72. The van der Waals surface area contributed by atoms with Crippen molar-refractivity contribution < 1.29 is 18.0 Å². The van der Waals surface area contributed by atoms with Crippen LogP contribution in [0.1, 0.15) is 30.6 Å². The maximum absolute atomic E-state index is 13.3. The fraction of sp³-hybridized carbons (Fsp3) is 0.375. The van der Waals surface area contributed by atoms with E-state index in [0.29, 0.717) is 0 Å². The molecule has 138 valence electrons. The molecule has 2 heterocycles. The number of nitrogens with zero attached hydrogens (tertiary/aromatic N) is 4. The number of hydrogen-bond donors (Lipinski definition) is 1. The van der Waals surface area contributed by atoms with Gasteiger partial charge < -0.3 is 4.57 Å². The molecule has 1 aromatic carbocycles. The number of benzene rings is 1. The highest BCUT2D eigenvalue weighted by Crippen LogP contribution is 2.31. The summed E-state index contributed by atoms with van der Waals surface area (Å²) in [6, 6.07) is 6.17. The van der Waals surface area contributed by atoms with Crippen molar-refractivity contribution in [1.29, 1.82) is 0 Å². The molecule has 0 saturated heterocycles. The molecule has 0 aliphatic heterocycles. The first-order valence-electron chi connectivity index (χ1n) is 8.03. The van der Waals surface area contributed by atoms with E-state index in [9.17, 15) is 18.0 Å². The smallest absolute Gasteiger partial charge is 0.311 e. The zero-order chi connectivity index (χ0) is 18.7. The molecule has 10 heteroatoms. The third-order valence-corrected chi connectivity index (χ3v) is 4.57. The number of rotatable bonds is 6. The molecule has 0 aliphatic carbocycles. The summed E-state index contributed by atoms with van der Waals surface area (Å²) in [6.45, 7) is 1.54. The number of aryl methyl sites for hydroxylation is 1. The van der Waals surface area contributed by atoms with Gasteiger partial charge in [-0.2, -0.15) is 13.2 Å². The van der Waals surface area contributed by atoms with Crippen LogP contribution in [0.5, 0.6) is 0 Å². The van der Waals surface area contributed by atoms with Crippen molar-refractivity contribution in [2.75, 3.05) is 5.32 Å². The van der Waals surface area contributed by atoms with Crippen molar-refractivity contribution in [3.05, 3.63) is 35.1 Å². The van der Waals surface area contributed by atoms with Gasteiger partial charge in [0.05, 0.1) is 11.0 Å². The van der Waals surface area contributed by atoms with Crippen LogP contribution >= 0.6 is 11.3 Å². The molecule has 0 unspecified atom stereocenters. The van der Waals surface area contributed by atoms with Crippen molar-refractivity contribution in [2.45, 2.75) is 38.9 Å². The first-order chi connectivity index (χ1) is 12.4. The van der Waals surface area contributed by atoms with E-state index < -0.39 is 24.5 Å². The first-order valence-corrected chi connectivity index (χ1v) is 8.85. The molecule has 0 spiro atoms. The molecule has 1 N–H and O–H groups in total. The number of aromatic nitrogens is 4. The maximum Gasteiger partial charge on any atom is 0.449 e. The molecule has 0 fully saturated rings. The quantitative estimate of drug-likeness (QED) is 0.701. The minimum Gasteiger partial charge on any atom is -0.311 e. The Kier molecular flexibility index (Phi) is 5.21. The zero-order valence-corrected chi connectivity index (χ0v) is 14.7. The van der Waals surface area contributed by atoms with Gasteiger partial charge in [0.25, 0.3) is 0 Å². The van der Waals surface area contributed by atoms with E-state index in [1.54, 1.807) is 12.1 Å². The summed E-state index contributed by atoms with van der Waals surface area (Å²) in [4.78, 5) is 15.9. The number of hydrogen-bond acceptors (Lipinski definition) is 5. The number of fused-ring (bicyclic) bond motifs is 1. The molecule has 1 amide bonds. The Hall–Kier alpha value is -2.49. The van der Waals surface area contributed by atoms with Gasteiger partial charge in [-0.1, -0.05) is 36.8 Å². The largest absolute Gasteiger partial charge is 0.449 e. The normalized spacial score (nSPS) is 11.8. The lowest BCUT2D eigenvalue weighted by molar-refractivity contribution is -0.147. The number of unbranched alkanes of at least 4 members (excludes halogenated alkanes) is 1. The van der Waals surface area contributed by atoms with E-state index >= 15 is 0 Å². The standard InChI is InChI=1S/C16H16F3N5OS/c1-2-3-8-13-22-23-15(26-13)21-12(25)9-24-11-7-5-4-6-10(11)20-14(24)16(17,18)19/h4-7H,2-3,8-9H2,1H3,(H,21,23,25). The molecule has 3 aromatic rings. The highest BCUT2D eigenvalue weighted by molar-refractivity contribution is 7.15. The summed E-state index contributed by atoms with van der Waals surface area (Å²) in [5.41, 5.74) is 0.432. The lowest BCUT2D eigenvalue weighted by Crippen LogP contribution is -2.23. The Morgan fingerprint density at radius 3 is 2.77 bits per heavy atom. The molecule has 0 bridgehead atoms. The third kappa shape index (κ3) is 4.01. The van der Waals surface area contributed by atoms with Crippen LogP contribution in [0.4, 0.5) is 18.3 Å². The predicted molar refractivity (Wildman–Crippen MR) is 91.9 cm³/mol. The predicted octanol–water partition coefficient (Wildman–Crippen LogP) is 3.89. The van der Waals surface area contributed by atoms with Gasteiger partial charge in [0.1, 0.15) is 11.6 Å². The lowest BCUT2D eigenvalue weighted by atomic mass is 10.3. The SMILES string of the molecule is CCCCc1nnc(NC(=O)Cn2c(C(F)(F)F)nc3ccccc32)s1. The Bertz CT molecular complexity index is 918. The molecule has 2 aromatic heterocycles. The number of anilines is 1. The molecule has 6 nitrogen and oxygen atoms in total. The van der Waals surface area contributed by atoms with Crippen molar-refractivity contribution in [3.8, 4) is 0 Å². The molecule has 26 heavy (non-hydrogen) atoms. The fourth-order valence-electron chi connectivity index (χ4n) is 2.49. The number of alkyl halides is 3. The van der Waals surface area contributed by atoms with Gasteiger partial charge in [0, 0.05) is 6.42 Å². The van der Waals surface area contributed by atoms with E-state index in [1.165, 1.54) is 23.5 Å². The number of imidazole rings is 1. The van der Waals surface area contributed by atoms with Crippen molar-refractivity contribution in [1.82, 2.24) is 19.7 Å². The lowest BCUT2D eigenvalue weighted by Gasteiger charge is -2.10. The Morgan fingerprint density at radius 1 is 1.27 bits per heavy atom. The zero-order valence-electron chi connectivity index (χ0n) is 13.9. The highest BCUT2D eigenvalue weighted by atomic mass is 32.1. The maximum atomic E-state index is 13.3. The number of amides is 1. The van der Waals surface area contributed by atoms with Crippen LogP contribution < -0.4 is 5.32 Å². The van der Waals surface area contributed by atoms with E-state index in [2.05, 4.69) is 27.4 Å². The van der Waals surface area contributed by atoms with Crippen LogP contribution in [-0.4, -0.2) is 25.7 Å². The minimum absolute atomic E-state index is 0.186. The van der Waals surface area contributed by atoms with Crippen molar-refractivity contribution >= 4 is 33.4 Å². The van der Waals surface area contributed by atoms with Crippen LogP contribution in [0.3, 0.4) is 0 Å². The summed E-state index contributed by atoms with van der Waals surface area (Å²) in [7, 11) is 0. The van der Waals surface area contributed by atoms with E-state index in [-0.39, 0.29) is 16.2 Å². The molecular formula is C16H16F3N5OS. The second-order valence-corrected chi connectivity index (χ2v) is 6.72. The first kappa shape index (κ1) is 18.3. The monoisotopic (exact) mass is 383 g/mol. The average molecular weight is 383 g/mol. The second kappa shape index (κ2) is 7.40. The summed E-state index contributed by atoms with van der Waals surface area (Å²) >= 11 is 1.23. The van der Waals surface area contributed by atoms with Crippen LogP contribution in [-0.2, 0) is 23.9 Å². The average Bonchev–Trinajstić information content (AvgIpc) is 3.17. The number of nitrogens with one attached hydrogen (secondary N) is 1. The van der Waals surface area contributed by atoms with Crippen LogP contribution in [0, 0.1) is 0 Å².